The molecule has 0 fully saturated rings. The van der Waals surface area contributed by atoms with E-state index in [9.17, 15) is 9.59 Å². The zero-order valence-electron chi connectivity index (χ0n) is 12.9. The Hall–Kier alpha value is -2.62. The van der Waals surface area contributed by atoms with Crippen LogP contribution < -0.4 is 11.1 Å². The summed E-state index contributed by atoms with van der Waals surface area (Å²) >= 11 is 0. The summed E-state index contributed by atoms with van der Waals surface area (Å²) in [6, 6.07) is 15.2. The molecule has 3 rings (SSSR count). The average molecular weight is 308 g/mol. The average Bonchev–Trinajstić information content (AvgIpc) is 2.55. The monoisotopic (exact) mass is 308 g/mol. The number of nitrogens with two attached hydrogens (primary N) is 1. The van der Waals surface area contributed by atoms with Crippen LogP contribution >= 0.6 is 0 Å². The number of primary amides is 1. The normalized spacial score (nSPS) is 16.4. The van der Waals surface area contributed by atoms with E-state index in [0.29, 0.717) is 17.7 Å². The minimum absolute atomic E-state index is 0.0830. The molecule has 2 aromatic carbocycles. The molecular weight excluding hydrogens is 288 g/mol. The Kier molecular flexibility index (Phi) is 4.42. The summed E-state index contributed by atoms with van der Waals surface area (Å²) in [6.45, 7) is 0. The fourth-order valence-electron chi connectivity index (χ4n) is 3.30. The van der Waals surface area contributed by atoms with Crippen molar-refractivity contribution in [2.45, 2.75) is 31.6 Å². The summed E-state index contributed by atoms with van der Waals surface area (Å²) in [5.74, 6) is -0.384. The van der Waals surface area contributed by atoms with Crippen molar-refractivity contribution in [3.05, 3.63) is 65.2 Å². The second kappa shape index (κ2) is 6.65. The molecule has 0 saturated heterocycles. The second-order valence-corrected chi connectivity index (χ2v) is 5.95. The van der Waals surface area contributed by atoms with Gasteiger partial charge in [-0.1, -0.05) is 36.4 Å². The minimum atomic E-state index is -0.538. The lowest BCUT2D eigenvalue weighted by molar-refractivity contribution is -0.116. The molecule has 0 radical (unpaired) electrons. The third-order valence-corrected chi connectivity index (χ3v) is 4.39. The van der Waals surface area contributed by atoms with Crippen LogP contribution in [-0.2, 0) is 11.2 Å². The first-order valence-electron chi connectivity index (χ1n) is 7.91. The van der Waals surface area contributed by atoms with Gasteiger partial charge in [0.05, 0.1) is 11.3 Å². The molecule has 0 heterocycles. The number of hydrogen-bond acceptors (Lipinski definition) is 2. The number of aryl methyl sites for hydroxylation is 1. The highest BCUT2D eigenvalue weighted by molar-refractivity contribution is 6.03. The van der Waals surface area contributed by atoms with E-state index in [1.807, 2.05) is 12.1 Å². The molecular formula is C19H20N2O2. The summed E-state index contributed by atoms with van der Waals surface area (Å²) in [7, 11) is 0. The standard InChI is InChI=1S/C19H20N2O2/c20-19(23)16-10-3-4-11-17(16)21-18(22)12-14-8-5-7-13-6-1-2-9-15(13)14/h1-4,6,9-11,14H,5,7-8,12H2,(H2,20,23)(H,21,22). The van der Waals surface area contributed by atoms with E-state index in [1.54, 1.807) is 24.3 Å². The molecule has 4 nitrogen and oxygen atoms in total. The number of hydrogen-bond donors (Lipinski definition) is 2. The first kappa shape index (κ1) is 15.3. The van der Waals surface area contributed by atoms with Crippen LogP contribution in [0.15, 0.2) is 48.5 Å². The van der Waals surface area contributed by atoms with Crippen molar-refractivity contribution in [2.24, 2.45) is 5.73 Å². The van der Waals surface area contributed by atoms with Gasteiger partial charge in [-0.15, -0.1) is 0 Å². The lowest BCUT2D eigenvalue weighted by Crippen LogP contribution is -2.21. The number of fused-ring (bicyclic) bond motifs is 1. The number of rotatable bonds is 4. The van der Waals surface area contributed by atoms with Crippen LogP contribution in [0.2, 0.25) is 0 Å². The molecule has 2 amide bonds. The summed E-state index contributed by atoms with van der Waals surface area (Å²) in [4.78, 5) is 23.8. The zero-order valence-corrected chi connectivity index (χ0v) is 12.9. The van der Waals surface area contributed by atoms with E-state index in [2.05, 4.69) is 17.4 Å². The Morgan fingerprint density at radius 2 is 1.83 bits per heavy atom. The molecule has 23 heavy (non-hydrogen) atoms. The molecule has 118 valence electrons. The van der Waals surface area contributed by atoms with E-state index < -0.39 is 5.91 Å². The van der Waals surface area contributed by atoms with E-state index in [4.69, 9.17) is 5.73 Å². The lowest BCUT2D eigenvalue weighted by Gasteiger charge is -2.25. The second-order valence-electron chi connectivity index (χ2n) is 5.95. The van der Waals surface area contributed by atoms with Gasteiger partial charge in [0.25, 0.3) is 5.91 Å². The van der Waals surface area contributed by atoms with Gasteiger partial charge in [0.1, 0.15) is 0 Å². The number of nitrogens with one attached hydrogen (secondary N) is 1. The molecule has 0 bridgehead atoms. The molecule has 0 aliphatic heterocycles. The van der Waals surface area contributed by atoms with Crippen molar-refractivity contribution in [3.8, 4) is 0 Å². The molecule has 1 atom stereocenters. The fourth-order valence-corrected chi connectivity index (χ4v) is 3.30. The van der Waals surface area contributed by atoms with Crippen molar-refractivity contribution in [1.29, 1.82) is 0 Å². The summed E-state index contributed by atoms with van der Waals surface area (Å²) in [5, 5.41) is 2.83. The molecule has 1 aliphatic carbocycles. The van der Waals surface area contributed by atoms with Crippen LogP contribution in [0.5, 0.6) is 0 Å². The van der Waals surface area contributed by atoms with Gasteiger partial charge in [-0.3, -0.25) is 9.59 Å². The number of carbonyl (C=O) groups excluding carboxylic acids is 2. The molecule has 4 heteroatoms. The van der Waals surface area contributed by atoms with Gasteiger partial charge in [0, 0.05) is 6.42 Å². The number of amides is 2. The SMILES string of the molecule is NC(=O)c1ccccc1NC(=O)CC1CCCc2ccccc21. The number of para-hydroxylation sites is 1. The van der Waals surface area contributed by atoms with Crippen molar-refractivity contribution in [1.82, 2.24) is 0 Å². The van der Waals surface area contributed by atoms with E-state index in [0.717, 1.165) is 19.3 Å². The molecule has 2 aromatic rings. The molecule has 0 spiro atoms. The summed E-state index contributed by atoms with van der Waals surface area (Å²) in [5.41, 5.74) is 8.78. The summed E-state index contributed by atoms with van der Waals surface area (Å²) in [6.07, 6.45) is 3.62. The highest BCUT2D eigenvalue weighted by Gasteiger charge is 2.22. The third-order valence-electron chi connectivity index (χ3n) is 4.39. The van der Waals surface area contributed by atoms with Gasteiger partial charge in [-0.2, -0.15) is 0 Å². The Morgan fingerprint density at radius 3 is 2.65 bits per heavy atom. The predicted molar refractivity (Wildman–Crippen MR) is 90.3 cm³/mol. The molecule has 1 unspecified atom stereocenters. The van der Waals surface area contributed by atoms with Gasteiger partial charge in [-0.25, -0.2) is 0 Å². The van der Waals surface area contributed by atoms with Crippen molar-refractivity contribution in [2.75, 3.05) is 5.32 Å². The van der Waals surface area contributed by atoms with Gasteiger partial charge < -0.3 is 11.1 Å². The zero-order chi connectivity index (χ0) is 16.2. The minimum Gasteiger partial charge on any atom is -0.366 e. The first-order valence-corrected chi connectivity index (χ1v) is 7.91. The number of anilines is 1. The van der Waals surface area contributed by atoms with Crippen LogP contribution in [0.3, 0.4) is 0 Å². The van der Waals surface area contributed by atoms with Gasteiger partial charge in [-0.05, 0) is 48.4 Å². The highest BCUT2D eigenvalue weighted by Crippen LogP contribution is 2.34. The molecule has 0 saturated carbocycles. The maximum absolute atomic E-state index is 12.4. The maximum Gasteiger partial charge on any atom is 0.250 e. The maximum atomic E-state index is 12.4. The Balaban J connectivity index is 1.73. The number of carbonyl (C=O) groups is 2. The van der Waals surface area contributed by atoms with E-state index in [1.165, 1.54) is 11.1 Å². The quantitative estimate of drug-likeness (QED) is 0.910. The number of benzene rings is 2. The largest absolute Gasteiger partial charge is 0.366 e. The van der Waals surface area contributed by atoms with E-state index in [-0.39, 0.29) is 11.8 Å². The van der Waals surface area contributed by atoms with Crippen LogP contribution in [0.4, 0.5) is 5.69 Å². The lowest BCUT2D eigenvalue weighted by atomic mass is 9.81. The van der Waals surface area contributed by atoms with Crippen molar-refractivity contribution < 1.29 is 9.59 Å². The van der Waals surface area contributed by atoms with Gasteiger partial charge >= 0.3 is 0 Å². The molecule has 1 aliphatic rings. The van der Waals surface area contributed by atoms with Crippen molar-refractivity contribution in [3.63, 3.8) is 0 Å². The fraction of sp³-hybridized carbons (Fsp3) is 0.263. The topological polar surface area (TPSA) is 72.2 Å². The molecule has 0 aromatic heterocycles. The Bertz CT molecular complexity index is 740. The summed E-state index contributed by atoms with van der Waals surface area (Å²) < 4.78 is 0. The van der Waals surface area contributed by atoms with Crippen LogP contribution in [0.1, 0.15) is 46.7 Å². The molecule has 3 N–H and O–H groups in total. The third kappa shape index (κ3) is 3.42. The van der Waals surface area contributed by atoms with Crippen LogP contribution in [0.25, 0.3) is 0 Å². The van der Waals surface area contributed by atoms with Gasteiger partial charge in [0.2, 0.25) is 5.91 Å². The van der Waals surface area contributed by atoms with E-state index >= 15 is 0 Å². The van der Waals surface area contributed by atoms with Crippen LogP contribution in [0, 0.1) is 0 Å². The highest BCUT2D eigenvalue weighted by atomic mass is 16.2. The Morgan fingerprint density at radius 1 is 1.09 bits per heavy atom. The Labute approximate surface area is 135 Å². The van der Waals surface area contributed by atoms with Crippen molar-refractivity contribution >= 4 is 17.5 Å². The predicted octanol–water partition coefficient (Wildman–Crippen LogP) is 3.23. The first-order chi connectivity index (χ1) is 11.1. The smallest absolute Gasteiger partial charge is 0.250 e. The van der Waals surface area contributed by atoms with Gasteiger partial charge in [0.15, 0.2) is 0 Å². The van der Waals surface area contributed by atoms with Crippen LogP contribution in [-0.4, -0.2) is 11.8 Å².